The van der Waals surface area contributed by atoms with Crippen LogP contribution in [0, 0.1) is 0 Å². The van der Waals surface area contributed by atoms with Gasteiger partial charge in [-0.3, -0.25) is 4.79 Å². The van der Waals surface area contributed by atoms with Gasteiger partial charge in [0.05, 0.1) is 11.5 Å². The van der Waals surface area contributed by atoms with E-state index in [4.69, 9.17) is 4.74 Å². The molecule has 1 aliphatic rings. The van der Waals surface area contributed by atoms with Gasteiger partial charge in [-0.25, -0.2) is 4.79 Å². The third-order valence-corrected chi connectivity index (χ3v) is 4.75. The zero-order chi connectivity index (χ0) is 18.6. The van der Waals surface area contributed by atoms with Crippen molar-refractivity contribution in [1.29, 1.82) is 0 Å². The van der Waals surface area contributed by atoms with Crippen LogP contribution in [0.2, 0.25) is 0 Å². The van der Waals surface area contributed by atoms with E-state index in [-0.39, 0.29) is 24.4 Å². The molecule has 1 heterocycles. The Hall–Kier alpha value is -3.40. The third kappa shape index (κ3) is 3.75. The van der Waals surface area contributed by atoms with Crippen LogP contribution in [0.5, 0.6) is 0 Å². The second-order valence-electron chi connectivity index (χ2n) is 6.59. The number of carbonyl (C=O) groups is 2. The average Bonchev–Trinajstić information content (AvgIpc) is 3.08. The van der Waals surface area contributed by atoms with E-state index in [1.165, 1.54) is 0 Å². The van der Waals surface area contributed by atoms with Crippen molar-refractivity contribution in [2.45, 2.75) is 18.9 Å². The highest BCUT2D eigenvalue weighted by atomic mass is 16.5. The highest BCUT2D eigenvalue weighted by molar-refractivity contribution is 5.98. The van der Waals surface area contributed by atoms with Gasteiger partial charge in [0.15, 0.2) is 0 Å². The van der Waals surface area contributed by atoms with E-state index < -0.39 is 0 Å². The van der Waals surface area contributed by atoms with Gasteiger partial charge in [0.2, 0.25) is 5.91 Å². The lowest BCUT2D eigenvalue weighted by Gasteiger charge is -2.18. The maximum absolute atomic E-state index is 13.1. The normalized spacial score (nSPS) is 13.6. The Balaban J connectivity index is 1.58. The van der Waals surface area contributed by atoms with E-state index in [1.54, 1.807) is 12.1 Å². The van der Waals surface area contributed by atoms with Crippen LogP contribution < -0.4 is 5.32 Å². The second-order valence-corrected chi connectivity index (χ2v) is 6.59. The molecule has 1 aliphatic heterocycles. The molecule has 4 nitrogen and oxygen atoms in total. The smallest absolute Gasteiger partial charge is 0.338 e. The number of hydrogen-bond donors (Lipinski definition) is 1. The van der Waals surface area contributed by atoms with E-state index >= 15 is 0 Å². The Morgan fingerprint density at radius 2 is 1.67 bits per heavy atom. The van der Waals surface area contributed by atoms with Crippen molar-refractivity contribution in [1.82, 2.24) is 0 Å². The molecule has 0 bridgehead atoms. The SMILES string of the molecule is O=C1OCc2cc(NC(=O)C(Cc3ccccc3)c3ccccc3)ccc21. The van der Waals surface area contributed by atoms with Crippen molar-refractivity contribution in [3.8, 4) is 0 Å². The number of cyclic esters (lactones) is 1. The molecular weight excluding hydrogens is 338 g/mol. The largest absolute Gasteiger partial charge is 0.457 e. The Morgan fingerprint density at radius 3 is 2.41 bits per heavy atom. The van der Waals surface area contributed by atoms with Crippen LogP contribution >= 0.6 is 0 Å². The van der Waals surface area contributed by atoms with E-state index in [2.05, 4.69) is 5.32 Å². The summed E-state index contributed by atoms with van der Waals surface area (Å²) in [5, 5.41) is 3.00. The number of ether oxygens (including phenoxy) is 1. The maximum Gasteiger partial charge on any atom is 0.338 e. The van der Waals surface area contributed by atoms with Crippen LogP contribution in [0.3, 0.4) is 0 Å². The molecule has 0 spiro atoms. The molecule has 0 saturated carbocycles. The van der Waals surface area contributed by atoms with Gasteiger partial charge >= 0.3 is 5.97 Å². The minimum absolute atomic E-state index is 0.0738. The van der Waals surface area contributed by atoms with Gasteiger partial charge in [0, 0.05) is 11.3 Å². The van der Waals surface area contributed by atoms with Gasteiger partial charge in [-0.15, -0.1) is 0 Å². The Labute approximate surface area is 157 Å². The van der Waals surface area contributed by atoms with Crippen LogP contribution in [0.1, 0.15) is 33.0 Å². The van der Waals surface area contributed by atoms with Crippen molar-refractivity contribution in [2.75, 3.05) is 5.32 Å². The molecule has 1 unspecified atom stereocenters. The van der Waals surface area contributed by atoms with Gasteiger partial charge in [-0.05, 0) is 35.7 Å². The van der Waals surface area contributed by atoms with Gasteiger partial charge < -0.3 is 10.1 Å². The lowest BCUT2D eigenvalue weighted by atomic mass is 9.91. The van der Waals surface area contributed by atoms with Gasteiger partial charge in [-0.1, -0.05) is 60.7 Å². The number of benzene rings is 3. The van der Waals surface area contributed by atoms with Crippen molar-refractivity contribution in [2.24, 2.45) is 0 Å². The third-order valence-electron chi connectivity index (χ3n) is 4.75. The summed E-state index contributed by atoms with van der Waals surface area (Å²) in [5.41, 5.74) is 4.12. The molecule has 0 aliphatic carbocycles. The monoisotopic (exact) mass is 357 g/mol. The molecule has 0 aromatic heterocycles. The van der Waals surface area contributed by atoms with Crippen molar-refractivity contribution in [3.05, 3.63) is 101 Å². The minimum atomic E-state index is -0.311. The number of nitrogens with one attached hydrogen (secondary N) is 1. The molecule has 0 saturated heterocycles. The number of anilines is 1. The van der Waals surface area contributed by atoms with E-state index in [9.17, 15) is 9.59 Å². The first-order valence-corrected chi connectivity index (χ1v) is 8.90. The quantitative estimate of drug-likeness (QED) is 0.692. The van der Waals surface area contributed by atoms with E-state index in [0.717, 1.165) is 16.7 Å². The Kier molecular flexibility index (Phi) is 4.71. The maximum atomic E-state index is 13.1. The van der Waals surface area contributed by atoms with E-state index in [0.29, 0.717) is 17.7 Å². The zero-order valence-corrected chi connectivity index (χ0v) is 14.7. The van der Waals surface area contributed by atoms with Gasteiger partial charge in [-0.2, -0.15) is 0 Å². The number of carbonyl (C=O) groups excluding carboxylic acids is 2. The number of hydrogen-bond acceptors (Lipinski definition) is 3. The predicted octanol–water partition coefficient (Wildman–Crippen LogP) is 4.32. The molecule has 1 atom stereocenters. The van der Waals surface area contributed by atoms with Crippen molar-refractivity contribution >= 4 is 17.6 Å². The summed E-state index contributed by atoms with van der Waals surface area (Å²) in [4.78, 5) is 24.7. The highest BCUT2D eigenvalue weighted by Crippen LogP contribution is 2.26. The van der Waals surface area contributed by atoms with Crippen molar-refractivity contribution in [3.63, 3.8) is 0 Å². The lowest BCUT2D eigenvalue weighted by Crippen LogP contribution is -2.23. The molecule has 4 rings (SSSR count). The lowest BCUT2D eigenvalue weighted by molar-refractivity contribution is -0.117. The van der Waals surface area contributed by atoms with Crippen molar-refractivity contribution < 1.29 is 14.3 Å². The molecule has 134 valence electrons. The molecule has 1 N–H and O–H groups in total. The fraction of sp³-hybridized carbons (Fsp3) is 0.130. The number of fused-ring (bicyclic) bond motifs is 1. The number of amides is 1. The molecule has 1 amide bonds. The van der Waals surface area contributed by atoms with E-state index in [1.807, 2.05) is 66.7 Å². The molecule has 3 aromatic carbocycles. The summed E-state index contributed by atoms with van der Waals surface area (Å²) in [6.45, 7) is 0.254. The molecule has 27 heavy (non-hydrogen) atoms. The summed E-state index contributed by atoms with van der Waals surface area (Å²) in [5.74, 6) is -0.691. The minimum Gasteiger partial charge on any atom is -0.457 e. The van der Waals surface area contributed by atoms with Crippen LogP contribution in [-0.4, -0.2) is 11.9 Å². The molecule has 0 radical (unpaired) electrons. The fourth-order valence-corrected chi connectivity index (χ4v) is 3.34. The average molecular weight is 357 g/mol. The summed E-state index contributed by atoms with van der Waals surface area (Å²) in [7, 11) is 0. The van der Waals surface area contributed by atoms with Gasteiger partial charge in [0.25, 0.3) is 0 Å². The molecular formula is C23H19NO3. The first-order chi connectivity index (χ1) is 13.2. The van der Waals surface area contributed by atoms with Crippen LogP contribution in [0.4, 0.5) is 5.69 Å². The number of esters is 1. The second kappa shape index (κ2) is 7.46. The summed E-state index contributed by atoms with van der Waals surface area (Å²) in [6.07, 6.45) is 0.614. The first-order valence-electron chi connectivity index (χ1n) is 8.90. The summed E-state index contributed by atoms with van der Waals surface area (Å²) < 4.78 is 5.03. The van der Waals surface area contributed by atoms with Gasteiger partial charge in [0.1, 0.15) is 6.61 Å². The fourth-order valence-electron chi connectivity index (χ4n) is 3.34. The first kappa shape index (κ1) is 17.0. The van der Waals surface area contributed by atoms with Crippen LogP contribution in [0.15, 0.2) is 78.9 Å². The van der Waals surface area contributed by atoms with Crippen LogP contribution in [-0.2, 0) is 22.6 Å². The number of rotatable bonds is 5. The summed E-state index contributed by atoms with van der Waals surface area (Å²) in [6, 6.07) is 25.0. The molecule has 4 heteroatoms. The Morgan fingerprint density at radius 1 is 0.963 bits per heavy atom. The standard InChI is InChI=1S/C23H19NO3/c25-22(24-19-11-12-20-18(14-19)15-27-23(20)26)21(17-9-5-2-6-10-17)13-16-7-3-1-4-8-16/h1-12,14,21H,13,15H2,(H,24,25). The molecule has 3 aromatic rings. The Bertz CT molecular complexity index is 967. The van der Waals surface area contributed by atoms with Crippen LogP contribution in [0.25, 0.3) is 0 Å². The zero-order valence-electron chi connectivity index (χ0n) is 14.7. The topological polar surface area (TPSA) is 55.4 Å². The highest BCUT2D eigenvalue weighted by Gasteiger charge is 2.24. The summed E-state index contributed by atoms with van der Waals surface area (Å²) >= 11 is 0. The molecule has 0 fully saturated rings. The predicted molar refractivity (Wildman–Crippen MR) is 104 cm³/mol.